The van der Waals surface area contributed by atoms with Gasteiger partial charge in [-0.3, -0.25) is 13.9 Å². The molecule has 0 radical (unpaired) electrons. The summed E-state index contributed by atoms with van der Waals surface area (Å²) in [6.45, 7) is 3.09. The van der Waals surface area contributed by atoms with Crippen molar-refractivity contribution in [1.82, 2.24) is 10.2 Å². The summed E-state index contributed by atoms with van der Waals surface area (Å²) in [4.78, 5) is 27.7. The molecule has 202 valence electrons. The molecule has 10 heteroatoms. The molecule has 9 nitrogen and oxygen atoms in total. The summed E-state index contributed by atoms with van der Waals surface area (Å²) >= 11 is 0. The molecule has 0 fully saturated rings. The standard InChI is InChI=1S/C28H33N3O6S/c1-20-6-10-23(11-7-20)31(38(34,35)26-16-14-25(37-5)15-17-26)19-27(32)30(21(2)28(33)29-3)18-22-8-12-24(36-4)13-9-22/h6-17,21H,18-19H2,1-5H3,(H,29,33)/t21-/m0/s1. The van der Waals surface area contributed by atoms with Gasteiger partial charge in [0.2, 0.25) is 11.8 Å². The van der Waals surface area contributed by atoms with E-state index in [4.69, 9.17) is 9.47 Å². The van der Waals surface area contributed by atoms with Crippen LogP contribution < -0.4 is 19.1 Å². The fourth-order valence-corrected chi connectivity index (χ4v) is 5.25. The maximum atomic E-state index is 13.8. The molecule has 0 aliphatic carbocycles. The second-order valence-corrected chi connectivity index (χ2v) is 10.5. The van der Waals surface area contributed by atoms with Crippen LogP contribution in [0.2, 0.25) is 0 Å². The predicted octanol–water partition coefficient (Wildman–Crippen LogP) is 3.37. The topological polar surface area (TPSA) is 105 Å². The van der Waals surface area contributed by atoms with Crippen molar-refractivity contribution in [2.45, 2.75) is 31.3 Å². The lowest BCUT2D eigenvalue weighted by Gasteiger charge is -2.31. The molecule has 3 aromatic rings. The van der Waals surface area contributed by atoms with Crippen molar-refractivity contribution in [3.8, 4) is 11.5 Å². The number of anilines is 1. The molecule has 1 N–H and O–H groups in total. The third-order valence-electron chi connectivity index (χ3n) is 6.17. The number of methoxy groups -OCH3 is 2. The Hall–Kier alpha value is -4.05. The Morgan fingerprint density at radius 1 is 0.868 bits per heavy atom. The highest BCUT2D eigenvalue weighted by molar-refractivity contribution is 7.92. The van der Waals surface area contributed by atoms with Gasteiger partial charge in [0, 0.05) is 13.6 Å². The molecule has 0 aliphatic heterocycles. The predicted molar refractivity (Wildman–Crippen MR) is 146 cm³/mol. The summed E-state index contributed by atoms with van der Waals surface area (Å²) in [7, 11) is 0.396. The molecule has 38 heavy (non-hydrogen) atoms. The molecule has 3 aromatic carbocycles. The number of hydrogen-bond acceptors (Lipinski definition) is 6. The van der Waals surface area contributed by atoms with E-state index in [-0.39, 0.29) is 17.3 Å². The molecule has 1 atom stereocenters. The minimum Gasteiger partial charge on any atom is -0.497 e. The number of aryl methyl sites for hydroxylation is 1. The van der Waals surface area contributed by atoms with Crippen LogP contribution in [-0.2, 0) is 26.2 Å². The molecule has 0 saturated heterocycles. The number of ether oxygens (including phenoxy) is 2. The van der Waals surface area contributed by atoms with Crippen LogP contribution >= 0.6 is 0 Å². The first kappa shape index (κ1) is 28.5. The highest BCUT2D eigenvalue weighted by atomic mass is 32.2. The van der Waals surface area contributed by atoms with Gasteiger partial charge in [-0.05, 0) is 67.9 Å². The maximum Gasteiger partial charge on any atom is 0.264 e. The van der Waals surface area contributed by atoms with E-state index in [0.29, 0.717) is 17.2 Å². The van der Waals surface area contributed by atoms with Crippen LogP contribution in [0, 0.1) is 6.92 Å². The van der Waals surface area contributed by atoms with Crippen LogP contribution in [-0.4, -0.2) is 59.0 Å². The first-order valence-electron chi connectivity index (χ1n) is 12.0. The normalized spacial score (nSPS) is 11.8. The minimum absolute atomic E-state index is 0.00716. The third-order valence-corrected chi connectivity index (χ3v) is 7.96. The molecular weight excluding hydrogens is 506 g/mol. The van der Waals surface area contributed by atoms with Crippen molar-refractivity contribution in [3.63, 3.8) is 0 Å². The van der Waals surface area contributed by atoms with E-state index in [1.54, 1.807) is 74.7 Å². The zero-order valence-electron chi connectivity index (χ0n) is 22.2. The van der Waals surface area contributed by atoms with Crippen molar-refractivity contribution in [1.29, 1.82) is 0 Å². The number of carbonyl (C=O) groups is 2. The Bertz CT molecular complexity index is 1340. The Kier molecular flexibility index (Phi) is 9.35. The number of carbonyl (C=O) groups excluding carboxylic acids is 2. The summed E-state index contributed by atoms with van der Waals surface area (Å²) in [5.74, 6) is 0.260. The SMILES string of the molecule is CNC(=O)[C@H](C)N(Cc1ccc(OC)cc1)C(=O)CN(c1ccc(C)cc1)S(=O)(=O)c1ccc(OC)cc1. The Morgan fingerprint density at radius 2 is 1.39 bits per heavy atom. The zero-order chi connectivity index (χ0) is 27.9. The van der Waals surface area contributed by atoms with Gasteiger partial charge in [0.05, 0.1) is 24.8 Å². The highest BCUT2D eigenvalue weighted by Gasteiger charge is 2.32. The van der Waals surface area contributed by atoms with Crippen LogP contribution in [0.15, 0.2) is 77.7 Å². The van der Waals surface area contributed by atoms with Crippen molar-refractivity contribution in [2.24, 2.45) is 0 Å². The Morgan fingerprint density at radius 3 is 1.89 bits per heavy atom. The molecule has 0 unspecified atom stereocenters. The van der Waals surface area contributed by atoms with Crippen LogP contribution in [0.5, 0.6) is 11.5 Å². The molecule has 0 aromatic heterocycles. The van der Waals surface area contributed by atoms with Crippen molar-refractivity contribution < 1.29 is 27.5 Å². The number of nitrogens with one attached hydrogen (secondary N) is 1. The van der Waals surface area contributed by atoms with E-state index in [1.165, 1.54) is 31.2 Å². The zero-order valence-corrected chi connectivity index (χ0v) is 23.0. The van der Waals surface area contributed by atoms with Gasteiger partial charge >= 0.3 is 0 Å². The third kappa shape index (κ3) is 6.63. The molecule has 0 aliphatic rings. The second kappa shape index (κ2) is 12.5. The van der Waals surface area contributed by atoms with E-state index < -0.39 is 28.5 Å². The van der Waals surface area contributed by atoms with E-state index in [0.717, 1.165) is 15.4 Å². The molecule has 0 spiro atoms. The fourth-order valence-electron chi connectivity index (χ4n) is 3.83. The van der Waals surface area contributed by atoms with Gasteiger partial charge in [0.1, 0.15) is 24.1 Å². The maximum absolute atomic E-state index is 13.8. The van der Waals surface area contributed by atoms with E-state index >= 15 is 0 Å². The number of sulfonamides is 1. The van der Waals surface area contributed by atoms with Gasteiger partial charge in [0.15, 0.2) is 0 Å². The monoisotopic (exact) mass is 539 g/mol. The molecule has 2 amide bonds. The number of amides is 2. The average Bonchev–Trinajstić information content (AvgIpc) is 2.94. The van der Waals surface area contributed by atoms with Gasteiger partial charge in [-0.2, -0.15) is 0 Å². The number of rotatable bonds is 11. The van der Waals surface area contributed by atoms with Gasteiger partial charge < -0.3 is 19.7 Å². The molecule has 0 bridgehead atoms. The van der Waals surface area contributed by atoms with Crippen molar-refractivity contribution in [2.75, 3.05) is 32.1 Å². The second-order valence-electron chi connectivity index (χ2n) is 8.68. The molecule has 3 rings (SSSR count). The van der Waals surface area contributed by atoms with Crippen LogP contribution in [0.1, 0.15) is 18.1 Å². The lowest BCUT2D eigenvalue weighted by Crippen LogP contribution is -2.50. The Balaban J connectivity index is 2.01. The van der Waals surface area contributed by atoms with E-state index in [9.17, 15) is 18.0 Å². The molecule has 0 saturated carbocycles. The summed E-state index contributed by atoms with van der Waals surface area (Å²) in [5.41, 5.74) is 2.03. The number of benzene rings is 3. The summed E-state index contributed by atoms with van der Waals surface area (Å²) in [5, 5.41) is 2.57. The first-order chi connectivity index (χ1) is 18.1. The smallest absolute Gasteiger partial charge is 0.264 e. The quantitative estimate of drug-likeness (QED) is 0.401. The molecule has 0 heterocycles. The van der Waals surface area contributed by atoms with Gasteiger partial charge in [0.25, 0.3) is 10.0 Å². The van der Waals surface area contributed by atoms with Crippen LogP contribution in [0.3, 0.4) is 0 Å². The average molecular weight is 540 g/mol. The lowest BCUT2D eigenvalue weighted by molar-refractivity contribution is -0.139. The van der Waals surface area contributed by atoms with Crippen molar-refractivity contribution in [3.05, 3.63) is 83.9 Å². The molecular formula is C28H33N3O6S. The van der Waals surface area contributed by atoms with Gasteiger partial charge in [-0.1, -0.05) is 29.8 Å². The number of likely N-dealkylation sites (N-methyl/N-ethyl adjacent to an activating group) is 1. The minimum atomic E-state index is -4.14. The fraction of sp³-hybridized carbons (Fsp3) is 0.286. The largest absolute Gasteiger partial charge is 0.497 e. The first-order valence-corrected chi connectivity index (χ1v) is 13.4. The number of hydrogen-bond donors (Lipinski definition) is 1. The van der Waals surface area contributed by atoms with Gasteiger partial charge in [-0.15, -0.1) is 0 Å². The van der Waals surface area contributed by atoms with E-state index in [1.807, 2.05) is 6.92 Å². The lowest BCUT2D eigenvalue weighted by atomic mass is 10.1. The highest BCUT2D eigenvalue weighted by Crippen LogP contribution is 2.26. The number of nitrogens with zero attached hydrogens (tertiary/aromatic N) is 2. The van der Waals surface area contributed by atoms with Gasteiger partial charge in [-0.25, -0.2) is 8.42 Å². The summed E-state index contributed by atoms with van der Waals surface area (Å²) in [6.07, 6.45) is 0. The summed E-state index contributed by atoms with van der Waals surface area (Å²) in [6, 6.07) is 19.1. The summed E-state index contributed by atoms with van der Waals surface area (Å²) < 4.78 is 39.0. The van der Waals surface area contributed by atoms with E-state index in [2.05, 4.69) is 5.32 Å². The van der Waals surface area contributed by atoms with Crippen molar-refractivity contribution >= 4 is 27.5 Å². The van der Waals surface area contributed by atoms with Crippen LogP contribution in [0.25, 0.3) is 0 Å². The van der Waals surface area contributed by atoms with Crippen LogP contribution in [0.4, 0.5) is 5.69 Å². The Labute approximate surface area is 224 Å².